The zero-order valence-corrected chi connectivity index (χ0v) is 10.9. The molecule has 0 unspecified atom stereocenters. The number of nitrogens with one attached hydrogen (secondary N) is 1. The molecular weight excluding hydrogens is 242 g/mol. The number of nitrogen functional groups attached to an aromatic ring is 1. The Morgan fingerprint density at radius 3 is 2.65 bits per heavy atom. The van der Waals surface area contributed by atoms with Crippen LogP contribution in [0.15, 0.2) is 0 Å². The lowest BCUT2D eigenvalue weighted by molar-refractivity contribution is 0.598. The van der Waals surface area contributed by atoms with Crippen LogP contribution in [0.1, 0.15) is 19.0 Å². The van der Waals surface area contributed by atoms with Crippen molar-refractivity contribution in [2.75, 3.05) is 23.3 Å². The van der Waals surface area contributed by atoms with Crippen LogP contribution in [0.25, 0.3) is 0 Å². The smallest absolute Gasteiger partial charge is 0.210 e. The summed E-state index contributed by atoms with van der Waals surface area (Å²) >= 11 is 0. The topological polar surface area (TPSA) is 116 Å². The third-order valence-corrected chi connectivity index (χ3v) is 3.10. The Morgan fingerprint density at radius 2 is 2.12 bits per heavy atom. The number of anilines is 2. The van der Waals surface area contributed by atoms with Crippen LogP contribution in [-0.4, -0.2) is 30.5 Å². The van der Waals surface area contributed by atoms with Gasteiger partial charge in [-0.3, -0.25) is 4.68 Å². The first-order chi connectivity index (χ1) is 7.85. The number of aryl methyl sites for hydroxylation is 2. The second-order valence-corrected chi connectivity index (χ2v) is 5.61. The largest absolute Gasteiger partial charge is 0.394 e. The Balaban J connectivity index is 2.71. The fourth-order valence-electron chi connectivity index (χ4n) is 1.54. The molecule has 0 atom stereocenters. The summed E-state index contributed by atoms with van der Waals surface area (Å²) in [6.45, 7) is 2.26. The molecule has 0 saturated heterocycles. The number of hydrogen-bond acceptors (Lipinski definition) is 5. The number of aromatic nitrogens is 2. The van der Waals surface area contributed by atoms with Crippen molar-refractivity contribution in [2.45, 2.75) is 19.8 Å². The van der Waals surface area contributed by atoms with Gasteiger partial charge in [-0.15, -0.1) is 0 Å². The highest BCUT2D eigenvalue weighted by molar-refractivity contribution is 7.89. The normalized spacial score (nSPS) is 11.7. The number of nitrogens with two attached hydrogens (primary N) is 2. The molecule has 7 nitrogen and oxygen atoms in total. The van der Waals surface area contributed by atoms with Crippen LogP contribution in [-0.2, 0) is 23.5 Å². The van der Waals surface area contributed by atoms with E-state index in [0.717, 1.165) is 18.5 Å². The Hall–Kier alpha value is -1.28. The van der Waals surface area contributed by atoms with Gasteiger partial charge in [0.25, 0.3) is 0 Å². The fourth-order valence-corrected chi connectivity index (χ4v) is 1.93. The van der Waals surface area contributed by atoms with Gasteiger partial charge in [0.15, 0.2) is 0 Å². The Kier molecular flexibility index (Phi) is 4.35. The van der Waals surface area contributed by atoms with Crippen LogP contribution in [0.3, 0.4) is 0 Å². The second kappa shape index (κ2) is 5.37. The molecule has 0 amide bonds. The molecule has 1 rings (SSSR count). The molecule has 0 aromatic carbocycles. The van der Waals surface area contributed by atoms with Crippen LogP contribution >= 0.6 is 0 Å². The molecule has 0 aliphatic heterocycles. The minimum atomic E-state index is -3.46. The quantitative estimate of drug-likeness (QED) is 0.647. The van der Waals surface area contributed by atoms with Crippen LogP contribution in [0.5, 0.6) is 0 Å². The van der Waals surface area contributed by atoms with Crippen molar-refractivity contribution >= 4 is 21.5 Å². The summed E-state index contributed by atoms with van der Waals surface area (Å²) in [6, 6.07) is 0. The Bertz CT molecular complexity index is 480. The summed E-state index contributed by atoms with van der Waals surface area (Å²) < 4.78 is 23.2. The predicted molar refractivity (Wildman–Crippen MR) is 68.1 cm³/mol. The number of nitrogens with zero attached hydrogens (tertiary/aromatic N) is 2. The second-order valence-electron chi connectivity index (χ2n) is 3.88. The SMILES string of the molecule is CCCc1nn(C)c(NCCS(N)(=O)=O)c1N. The first-order valence-corrected chi connectivity index (χ1v) is 7.12. The van der Waals surface area contributed by atoms with Gasteiger partial charge >= 0.3 is 0 Å². The van der Waals surface area contributed by atoms with Gasteiger partial charge < -0.3 is 11.1 Å². The number of rotatable bonds is 6. The summed E-state index contributed by atoms with van der Waals surface area (Å²) in [5, 5.41) is 12.1. The van der Waals surface area contributed by atoms with Crippen molar-refractivity contribution in [1.29, 1.82) is 0 Å². The van der Waals surface area contributed by atoms with Gasteiger partial charge in [-0.2, -0.15) is 5.10 Å². The molecule has 0 aliphatic rings. The maximum Gasteiger partial charge on any atom is 0.210 e. The van der Waals surface area contributed by atoms with E-state index in [4.69, 9.17) is 10.9 Å². The lowest BCUT2D eigenvalue weighted by Gasteiger charge is -2.06. The minimum Gasteiger partial charge on any atom is -0.394 e. The average Bonchev–Trinajstić information content (AvgIpc) is 2.44. The van der Waals surface area contributed by atoms with E-state index in [-0.39, 0.29) is 12.3 Å². The number of hydrogen-bond donors (Lipinski definition) is 3. The van der Waals surface area contributed by atoms with E-state index in [2.05, 4.69) is 10.4 Å². The van der Waals surface area contributed by atoms with Gasteiger partial charge in [0.1, 0.15) is 5.82 Å². The monoisotopic (exact) mass is 261 g/mol. The highest BCUT2D eigenvalue weighted by Gasteiger charge is 2.12. The first kappa shape index (κ1) is 13.8. The van der Waals surface area contributed by atoms with Crippen LogP contribution in [0.4, 0.5) is 11.5 Å². The van der Waals surface area contributed by atoms with E-state index >= 15 is 0 Å². The molecule has 8 heteroatoms. The lowest BCUT2D eigenvalue weighted by Crippen LogP contribution is -2.23. The van der Waals surface area contributed by atoms with E-state index in [1.165, 1.54) is 0 Å². The van der Waals surface area contributed by atoms with Crippen molar-refractivity contribution < 1.29 is 8.42 Å². The predicted octanol–water partition coefficient (Wildman–Crippen LogP) is -0.345. The standard InChI is InChI=1S/C9H19N5O2S/c1-3-4-7-8(10)9(14(2)13-7)12-5-6-17(11,15)16/h12H,3-6,10H2,1-2H3,(H2,11,15,16). The van der Waals surface area contributed by atoms with Crippen LogP contribution in [0, 0.1) is 0 Å². The number of primary sulfonamides is 1. The lowest BCUT2D eigenvalue weighted by atomic mass is 10.2. The van der Waals surface area contributed by atoms with E-state index < -0.39 is 10.0 Å². The Morgan fingerprint density at radius 1 is 1.47 bits per heavy atom. The molecule has 1 aromatic rings. The van der Waals surface area contributed by atoms with Crippen LogP contribution < -0.4 is 16.2 Å². The molecule has 0 saturated carbocycles. The molecule has 0 radical (unpaired) electrons. The van der Waals surface area contributed by atoms with Gasteiger partial charge in [-0.1, -0.05) is 13.3 Å². The third-order valence-electron chi connectivity index (χ3n) is 2.33. The maximum absolute atomic E-state index is 10.8. The molecule has 0 fully saturated rings. The maximum atomic E-state index is 10.8. The zero-order valence-electron chi connectivity index (χ0n) is 10.1. The average molecular weight is 261 g/mol. The summed E-state index contributed by atoms with van der Waals surface area (Å²) in [6.07, 6.45) is 1.76. The molecule has 0 aliphatic carbocycles. The summed E-state index contributed by atoms with van der Waals surface area (Å²) in [5.74, 6) is 0.498. The minimum absolute atomic E-state index is 0.138. The van der Waals surface area contributed by atoms with Gasteiger partial charge in [0.2, 0.25) is 10.0 Å². The molecule has 0 bridgehead atoms. The molecule has 1 heterocycles. The zero-order chi connectivity index (χ0) is 13.1. The molecular formula is C9H19N5O2S. The summed E-state index contributed by atoms with van der Waals surface area (Å²) in [7, 11) is -1.70. The molecule has 98 valence electrons. The number of sulfonamides is 1. The summed E-state index contributed by atoms with van der Waals surface area (Å²) in [4.78, 5) is 0. The van der Waals surface area contributed by atoms with Crippen molar-refractivity contribution in [3.63, 3.8) is 0 Å². The fraction of sp³-hybridized carbons (Fsp3) is 0.667. The van der Waals surface area contributed by atoms with Crippen molar-refractivity contribution in [1.82, 2.24) is 9.78 Å². The van der Waals surface area contributed by atoms with Crippen molar-refractivity contribution in [3.8, 4) is 0 Å². The van der Waals surface area contributed by atoms with E-state index in [1.54, 1.807) is 11.7 Å². The highest BCUT2D eigenvalue weighted by atomic mass is 32.2. The molecule has 17 heavy (non-hydrogen) atoms. The van der Waals surface area contributed by atoms with Gasteiger partial charge in [-0.05, 0) is 6.42 Å². The van der Waals surface area contributed by atoms with Crippen LogP contribution in [0.2, 0.25) is 0 Å². The molecule has 5 N–H and O–H groups in total. The van der Waals surface area contributed by atoms with E-state index in [1.807, 2.05) is 6.92 Å². The van der Waals surface area contributed by atoms with Crippen molar-refractivity contribution in [3.05, 3.63) is 5.69 Å². The van der Waals surface area contributed by atoms with Gasteiger partial charge in [0.05, 0.1) is 17.1 Å². The summed E-state index contributed by atoms with van der Waals surface area (Å²) in [5.41, 5.74) is 7.31. The van der Waals surface area contributed by atoms with Crippen molar-refractivity contribution in [2.24, 2.45) is 12.2 Å². The molecule has 1 aromatic heterocycles. The Labute approximate surface area is 101 Å². The van der Waals surface area contributed by atoms with Gasteiger partial charge in [0, 0.05) is 13.6 Å². The highest BCUT2D eigenvalue weighted by Crippen LogP contribution is 2.22. The molecule has 0 spiro atoms. The van der Waals surface area contributed by atoms with E-state index in [0.29, 0.717) is 11.5 Å². The third kappa shape index (κ3) is 3.90. The van der Waals surface area contributed by atoms with Gasteiger partial charge in [-0.25, -0.2) is 13.6 Å². The van der Waals surface area contributed by atoms with E-state index in [9.17, 15) is 8.42 Å². The first-order valence-electron chi connectivity index (χ1n) is 5.41.